The molecule has 1 N–H and O–H groups in total. The molecule has 80 valence electrons. The van der Waals surface area contributed by atoms with Crippen molar-refractivity contribution in [3.8, 4) is 0 Å². The molecule has 0 aromatic heterocycles. The average Bonchev–Trinajstić information content (AvgIpc) is 2.17. The van der Waals surface area contributed by atoms with E-state index >= 15 is 0 Å². The molecule has 1 heterocycles. The fourth-order valence-electron chi connectivity index (χ4n) is 2.14. The number of nitrogens with one attached hydrogen (secondary N) is 1. The third-order valence-electron chi connectivity index (χ3n) is 2.91. The number of nitrogens with zero attached hydrogens (tertiary/aromatic N) is 1. The maximum absolute atomic E-state index is 11.5. The fraction of sp³-hybridized carbons (Fsp3) is 0.600. The summed E-state index contributed by atoms with van der Waals surface area (Å²) in [6.45, 7) is 0. The Morgan fingerprint density at radius 2 is 2.13 bits per heavy atom. The molecule has 2 rings (SSSR count). The van der Waals surface area contributed by atoms with Crippen LogP contribution in [-0.2, 0) is 9.59 Å². The molecule has 15 heavy (non-hydrogen) atoms. The molecule has 0 saturated heterocycles. The molecule has 1 fully saturated rings. The van der Waals surface area contributed by atoms with Crippen molar-refractivity contribution in [3.63, 3.8) is 0 Å². The van der Waals surface area contributed by atoms with Gasteiger partial charge >= 0.3 is 6.03 Å². The zero-order chi connectivity index (χ0) is 10.8. The Balaban J connectivity index is 2.09. The summed E-state index contributed by atoms with van der Waals surface area (Å²) in [4.78, 5) is 37.0. The largest absolute Gasteiger partial charge is 0.347 e. The number of hydrogen-bond donors (Lipinski definition) is 1. The van der Waals surface area contributed by atoms with Gasteiger partial charge in [-0.25, -0.2) is 9.79 Å². The topological polar surface area (TPSA) is 75.6 Å². The first kappa shape index (κ1) is 10.0. The summed E-state index contributed by atoms with van der Waals surface area (Å²) in [5.74, 6) is -0.519. The monoisotopic (exact) mass is 208 g/mol. The smallest absolute Gasteiger partial charge is 0.300 e. The number of rotatable bonds is 1. The van der Waals surface area contributed by atoms with E-state index in [0.29, 0.717) is 12.8 Å². The normalized spacial score (nSPS) is 31.6. The minimum absolute atomic E-state index is 0.0168. The lowest BCUT2D eigenvalue weighted by Crippen LogP contribution is -2.43. The second kappa shape index (κ2) is 3.92. The Hall–Kier alpha value is -1.52. The highest BCUT2D eigenvalue weighted by atomic mass is 16.2. The zero-order valence-corrected chi connectivity index (χ0v) is 8.23. The highest BCUT2D eigenvalue weighted by Crippen LogP contribution is 2.28. The summed E-state index contributed by atoms with van der Waals surface area (Å²) < 4.78 is 0. The first-order chi connectivity index (χ1) is 7.16. The van der Waals surface area contributed by atoms with E-state index in [2.05, 4.69) is 10.3 Å². The number of Topliss-reactive ketones (excluding diaryl/α,β-unsaturated/α-hetero) is 1. The van der Waals surface area contributed by atoms with Crippen molar-refractivity contribution in [3.05, 3.63) is 0 Å². The third kappa shape index (κ3) is 2.11. The quantitative estimate of drug-likeness (QED) is 0.688. The van der Waals surface area contributed by atoms with Gasteiger partial charge in [0.1, 0.15) is 5.78 Å². The van der Waals surface area contributed by atoms with Crippen molar-refractivity contribution in [1.82, 2.24) is 5.32 Å². The Morgan fingerprint density at radius 1 is 1.33 bits per heavy atom. The highest BCUT2D eigenvalue weighted by molar-refractivity contribution is 6.09. The molecule has 0 radical (unpaired) electrons. The summed E-state index contributed by atoms with van der Waals surface area (Å²) in [6.07, 6.45) is 4.10. The van der Waals surface area contributed by atoms with Crippen LogP contribution in [0.1, 0.15) is 25.7 Å². The van der Waals surface area contributed by atoms with E-state index in [0.717, 1.165) is 12.8 Å². The molecule has 0 aromatic carbocycles. The van der Waals surface area contributed by atoms with Crippen molar-refractivity contribution in [2.75, 3.05) is 0 Å². The van der Waals surface area contributed by atoms with Crippen molar-refractivity contribution in [2.45, 2.75) is 25.7 Å². The average molecular weight is 208 g/mol. The van der Waals surface area contributed by atoms with Gasteiger partial charge in [-0.2, -0.15) is 0 Å². The van der Waals surface area contributed by atoms with Crippen LogP contribution in [0.5, 0.6) is 0 Å². The maximum atomic E-state index is 11.5. The molecule has 3 amide bonds. The van der Waals surface area contributed by atoms with Crippen LogP contribution in [0.25, 0.3) is 0 Å². The van der Waals surface area contributed by atoms with Gasteiger partial charge in [0.25, 0.3) is 0 Å². The van der Waals surface area contributed by atoms with Crippen molar-refractivity contribution in [2.24, 2.45) is 16.8 Å². The van der Waals surface area contributed by atoms with Crippen molar-refractivity contribution >= 4 is 23.9 Å². The number of aliphatic imine (C=N–C) groups is 1. The standard InChI is InChI=1S/C10H12N2O3/c13-7-3-1-2-6(4-7)8-5-11-10(15)12-9(8)14/h5-6,8H,1-4H2,(H,12,14,15)/t6-,8-/m1/s1. The van der Waals surface area contributed by atoms with Crippen LogP contribution in [0, 0.1) is 11.8 Å². The lowest BCUT2D eigenvalue weighted by molar-refractivity contribution is -0.125. The Labute approximate surface area is 86.9 Å². The van der Waals surface area contributed by atoms with E-state index in [9.17, 15) is 14.4 Å². The number of carbonyl (C=O) groups is 3. The number of amides is 3. The predicted octanol–water partition coefficient (Wildman–Crippen LogP) is 0.683. The summed E-state index contributed by atoms with van der Waals surface area (Å²) in [5, 5.41) is 2.15. The summed E-state index contributed by atoms with van der Waals surface area (Å²) in [7, 11) is 0. The number of hydrogen-bond acceptors (Lipinski definition) is 3. The van der Waals surface area contributed by atoms with Gasteiger partial charge in [-0.15, -0.1) is 0 Å². The van der Waals surface area contributed by atoms with Crippen LogP contribution >= 0.6 is 0 Å². The molecule has 0 spiro atoms. The van der Waals surface area contributed by atoms with E-state index in [1.807, 2.05) is 0 Å². The van der Waals surface area contributed by atoms with Gasteiger partial charge in [0.2, 0.25) is 5.91 Å². The van der Waals surface area contributed by atoms with E-state index in [4.69, 9.17) is 0 Å². The number of urea groups is 1. The zero-order valence-electron chi connectivity index (χ0n) is 8.23. The predicted molar refractivity (Wildman–Crippen MR) is 52.5 cm³/mol. The second-order valence-corrected chi connectivity index (χ2v) is 3.99. The first-order valence-corrected chi connectivity index (χ1v) is 5.07. The molecular formula is C10H12N2O3. The number of imide groups is 1. The fourth-order valence-corrected chi connectivity index (χ4v) is 2.14. The van der Waals surface area contributed by atoms with E-state index in [1.165, 1.54) is 6.21 Å². The van der Waals surface area contributed by atoms with Gasteiger partial charge in [-0.05, 0) is 18.8 Å². The van der Waals surface area contributed by atoms with Crippen molar-refractivity contribution in [1.29, 1.82) is 0 Å². The lowest BCUT2D eigenvalue weighted by atomic mass is 9.79. The van der Waals surface area contributed by atoms with Gasteiger partial charge in [-0.3, -0.25) is 14.9 Å². The molecule has 5 heteroatoms. The van der Waals surface area contributed by atoms with Crippen LogP contribution in [0.4, 0.5) is 4.79 Å². The van der Waals surface area contributed by atoms with Gasteiger partial charge in [0.15, 0.2) is 0 Å². The van der Waals surface area contributed by atoms with Crippen LogP contribution in [0.2, 0.25) is 0 Å². The highest BCUT2D eigenvalue weighted by Gasteiger charge is 2.33. The summed E-state index contributed by atoms with van der Waals surface area (Å²) in [6, 6.07) is -0.613. The van der Waals surface area contributed by atoms with Crippen LogP contribution < -0.4 is 5.32 Å². The molecular weight excluding hydrogens is 196 g/mol. The molecule has 2 atom stereocenters. The summed E-state index contributed by atoms with van der Waals surface area (Å²) >= 11 is 0. The SMILES string of the molecule is O=C1CCC[C@@H]([C@H]2C=NC(=O)NC2=O)C1. The molecule has 2 aliphatic rings. The Bertz CT molecular complexity index is 349. The number of ketones is 1. The van der Waals surface area contributed by atoms with Crippen LogP contribution in [-0.4, -0.2) is 23.9 Å². The van der Waals surface area contributed by atoms with Gasteiger partial charge in [0.05, 0.1) is 5.92 Å². The van der Waals surface area contributed by atoms with Crippen molar-refractivity contribution < 1.29 is 14.4 Å². The molecule has 1 aliphatic heterocycles. The minimum Gasteiger partial charge on any atom is -0.300 e. The number of carbonyl (C=O) groups excluding carboxylic acids is 3. The van der Waals surface area contributed by atoms with E-state index < -0.39 is 11.9 Å². The Morgan fingerprint density at radius 3 is 2.80 bits per heavy atom. The van der Waals surface area contributed by atoms with Gasteiger partial charge in [0, 0.05) is 19.1 Å². The van der Waals surface area contributed by atoms with Gasteiger partial charge in [-0.1, -0.05) is 0 Å². The molecule has 0 bridgehead atoms. The first-order valence-electron chi connectivity index (χ1n) is 5.07. The lowest BCUT2D eigenvalue weighted by Gasteiger charge is -2.27. The third-order valence-corrected chi connectivity index (χ3v) is 2.91. The molecule has 1 saturated carbocycles. The summed E-state index contributed by atoms with van der Waals surface area (Å²) in [5.41, 5.74) is 0. The second-order valence-electron chi connectivity index (χ2n) is 3.99. The molecule has 1 aliphatic carbocycles. The van der Waals surface area contributed by atoms with Crippen LogP contribution in [0.15, 0.2) is 4.99 Å². The van der Waals surface area contributed by atoms with E-state index in [-0.39, 0.29) is 17.6 Å². The van der Waals surface area contributed by atoms with E-state index in [1.54, 1.807) is 0 Å². The molecule has 0 aromatic rings. The molecule has 5 nitrogen and oxygen atoms in total. The minimum atomic E-state index is -0.613. The van der Waals surface area contributed by atoms with Crippen LogP contribution in [0.3, 0.4) is 0 Å². The maximum Gasteiger partial charge on any atom is 0.347 e. The molecule has 0 unspecified atom stereocenters. The van der Waals surface area contributed by atoms with Gasteiger partial charge < -0.3 is 0 Å². The Kier molecular flexibility index (Phi) is 2.62.